The standard InChI is InChI=1S/C20H25N3O3/c1-20(2,23-15-10-12-16(26-4)13-11-15)19(25)22-17(18(24)21-3)14-8-6-5-7-9-14/h5-13,17,23H,1-4H3,(H,21,24)(H,22,25). The predicted molar refractivity (Wildman–Crippen MR) is 102 cm³/mol. The van der Waals surface area contributed by atoms with Crippen molar-refractivity contribution in [2.75, 3.05) is 19.5 Å². The van der Waals surface area contributed by atoms with E-state index in [4.69, 9.17) is 4.74 Å². The van der Waals surface area contributed by atoms with Gasteiger partial charge in [0.05, 0.1) is 7.11 Å². The number of hydrogen-bond acceptors (Lipinski definition) is 4. The zero-order chi connectivity index (χ0) is 19.2. The van der Waals surface area contributed by atoms with Gasteiger partial charge in [-0.2, -0.15) is 0 Å². The van der Waals surface area contributed by atoms with E-state index in [2.05, 4.69) is 16.0 Å². The highest BCUT2D eigenvalue weighted by molar-refractivity contribution is 5.93. The molecule has 26 heavy (non-hydrogen) atoms. The van der Waals surface area contributed by atoms with E-state index in [-0.39, 0.29) is 11.8 Å². The van der Waals surface area contributed by atoms with Crippen molar-refractivity contribution in [3.63, 3.8) is 0 Å². The van der Waals surface area contributed by atoms with Crippen LogP contribution in [0.5, 0.6) is 5.75 Å². The molecule has 2 aromatic carbocycles. The van der Waals surface area contributed by atoms with Crippen molar-refractivity contribution in [3.05, 3.63) is 60.2 Å². The molecule has 0 aromatic heterocycles. The number of hydrogen-bond donors (Lipinski definition) is 3. The summed E-state index contributed by atoms with van der Waals surface area (Å²) in [5.74, 6) is 0.178. The van der Waals surface area contributed by atoms with Crippen LogP contribution in [0.2, 0.25) is 0 Å². The first-order valence-corrected chi connectivity index (χ1v) is 8.37. The number of nitrogens with one attached hydrogen (secondary N) is 3. The quantitative estimate of drug-likeness (QED) is 0.713. The molecule has 6 nitrogen and oxygen atoms in total. The normalized spacial score (nSPS) is 12.0. The molecule has 2 amide bonds. The first-order valence-electron chi connectivity index (χ1n) is 8.37. The van der Waals surface area contributed by atoms with E-state index in [1.165, 1.54) is 0 Å². The summed E-state index contributed by atoms with van der Waals surface area (Å²) in [6, 6.07) is 15.7. The van der Waals surface area contributed by atoms with Gasteiger partial charge in [0, 0.05) is 12.7 Å². The third-order valence-electron chi connectivity index (χ3n) is 4.03. The Labute approximate surface area is 153 Å². The molecule has 0 fully saturated rings. The van der Waals surface area contributed by atoms with Crippen LogP contribution in [0, 0.1) is 0 Å². The van der Waals surface area contributed by atoms with E-state index in [9.17, 15) is 9.59 Å². The predicted octanol–water partition coefficient (Wildman–Crippen LogP) is 2.49. The molecule has 0 aliphatic rings. The van der Waals surface area contributed by atoms with Crippen LogP contribution in [0.4, 0.5) is 5.69 Å². The maximum absolute atomic E-state index is 12.8. The Balaban J connectivity index is 2.14. The number of amides is 2. The van der Waals surface area contributed by atoms with Crippen LogP contribution in [0.1, 0.15) is 25.5 Å². The highest BCUT2D eigenvalue weighted by atomic mass is 16.5. The Hall–Kier alpha value is -3.02. The molecule has 0 heterocycles. The number of benzene rings is 2. The van der Waals surface area contributed by atoms with Gasteiger partial charge in [0.25, 0.3) is 0 Å². The van der Waals surface area contributed by atoms with Crippen molar-refractivity contribution in [2.24, 2.45) is 0 Å². The molecule has 138 valence electrons. The van der Waals surface area contributed by atoms with Gasteiger partial charge in [0.2, 0.25) is 11.8 Å². The molecule has 1 unspecified atom stereocenters. The maximum Gasteiger partial charge on any atom is 0.246 e. The lowest BCUT2D eigenvalue weighted by atomic mass is 10.0. The van der Waals surface area contributed by atoms with Crippen LogP contribution < -0.4 is 20.7 Å². The van der Waals surface area contributed by atoms with Gasteiger partial charge < -0.3 is 20.7 Å². The minimum absolute atomic E-state index is 0.273. The number of carbonyl (C=O) groups excluding carboxylic acids is 2. The van der Waals surface area contributed by atoms with Gasteiger partial charge in [-0.05, 0) is 43.7 Å². The Bertz CT molecular complexity index is 743. The molecule has 0 aliphatic carbocycles. The first-order chi connectivity index (χ1) is 12.4. The lowest BCUT2D eigenvalue weighted by molar-refractivity contribution is -0.130. The van der Waals surface area contributed by atoms with Crippen LogP contribution in [0.3, 0.4) is 0 Å². The number of rotatable bonds is 7. The Morgan fingerprint density at radius 1 is 1.00 bits per heavy atom. The monoisotopic (exact) mass is 355 g/mol. The van der Waals surface area contributed by atoms with E-state index < -0.39 is 11.6 Å². The van der Waals surface area contributed by atoms with Crippen LogP contribution >= 0.6 is 0 Å². The molecule has 0 aliphatic heterocycles. The first kappa shape index (κ1) is 19.3. The van der Waals surface area contributed by atoms with Gasteiger partial charge in [-0.3, -0.25) is 9.59 Å². The Morgan fingerprint density at radius 2 is 1.62 bits per heavy atom. The summed E-state index contributed by atoms with van der Waals surface area (Å²) >= 11 is 0. The molecule has 3 N–H and O–H groups in total. The largest absolute Gasteiger partial charge is 0.497 e. The number of likely N-dealkylation sites (N-methyl/N-ethyl adjacent to an activating group) is 1. The molecule has 0 bridgehead atoms. The third-order valence-corrected chi connectivity index (χ3v) is 4.03. The average Bonchev–Trinajstić information content (AvgIpc) is 2.66. The summed E-state index contributed by atoms with van der Waals surface area (Å²) < 4.78 is 5.14. The second kappa shape index (κ2) is 8.38. The summed E-state index contributed by atoms with van der Waals surface area (Å²) in [5.41, 5.74) is 0.581. The fourth-order valence-corrected chi connectivity index (χ4v) is 2.49. The Kier molecular flexibility index (Phi) is 6.22. The highest BCUT2D eigenvalue weighted by Gasteiger charge is 2.31. The van der Waals surface area contributed by atoms with Crippen LogP contribution in [-0.2, 0) is 9.59 Å². The van der Waals surface area contributed by atoms with E-state index in [1.807, 2.05) is 54.6 Å². The average molecular weight is 355 g/mol. The Morgan fingerprint density at radius 3 is 2.15 bits per heavy atom. The summed E-state index contributed by atoms with van der Waals surface area (Å²) in [6.07, 6.45) is 0. The van der Waals surface area contributed by atoms with Crippen LogP contribution in [0.15, 0.2) is 54.6 Å². The lowest BCUT2D eigenvalue weighted by Gasteiger charge is -2.29. The van der Waals surface area contributed by atoms with Crippen molar-refractivity contribution in [3.8, 4) is 5.75 Å². The zero-order valence-electron chi connectivity index (χ0n) is 15.5. The minimum atomic E-state index is -0.921. The van der Waals surface area contributed by atoms with Crippen molar-refractivity contribution in [1.29, 1.82) is 0 Å². The minimum Gasteiger partial charge on any atom is -0.497 e. The molecule has 2 aromatic rings. The number of methoxy groups -OCH3 is 1. The SMILES string of the molecule is CNC(=O)C(NC(=O)C(C)(C)Nc1ccc(OC)cc1)c1ccccc1. The van der Waals surface area contributed by atoms with E-state index in [0.29, 0.717) is 0 Å². The molecule has 0 radical (unpaired) electrons. The van der Waals surface area contributed by atoms with E-state index >= 15 is 0 Å². The van der Waals surface area contributed by atoms with Crippen molar-refractivity contribution in [2.45, 2.75) is 25.4 Å². The maximum atomic E-state index is 12.8. The molecule has 0 saturated heterocycles. The van der Waals surface area contributed by atoms with Crippen molar-refractivity contribution < 1.29 is 14.3 Å². The summed E-state index contributed by atoms with van der Waals surface area (Å²) in [4.78, 5) is 25.1. The second-order valence-electron chi connectivity index (χ2n) is 6.41. The topological polar surface area (TPSA) is 79.5 Å². The second-order valence-corrected chi connectivity index (χ2v) is 6.41. The van der Waals surface area contributed by atoms with Crippen LogP contribution in [-0.4, -0.2) is 31.5 Å². The molecule has 1 atom stereocenters. The smallest absolute Gasteiger partial charge is 0.246 e. The summed E-state index contributed by atoms with van der Waals surface area (Å²) in [5, 5.41) is 8.61. The molecule has 0 saturated carbocycles. The van der Waals surface area contributed by atoms with Gasteiger partial charge in [-0.1, -0.05) is 30.3 Å². The van der Waals surface area contributed by atoms with E-state index in [1.54, 1.807) is 28.0 Å². The summed E-state index contributed by atoms with van der Waals surface area (Å²) in [7, 11) is 3.15. The fraction of sp³-hybridized carbons (Fsp3) is 0.300. The number of anilines is 1. The number of ether oxygens (including phenoxy) is 1. The van der Waals surface area contributed by atoms with E-state index in [0.717, 1.165) is 17.0 Å². The fourth-order valence-electron chi connectivity index (χ4n) is 2.49. The van der Waals surface area contributed by atoms with Crippen molar-refractivity contribution >= 4 is 17.5 Å². The third kappa shape index (κ3) is 4.75. The van der Waals surface area contributed by atoms with Crippen molar-refractivity contribution in [1.82, 2.24) is 10.6 Å². The van der Waals surface area contributed by atoms with Crippen LogP contribution in [0.25, 0.3) is 0 Å². The highest BCUT2D eigenvalue weighted by Crippen LogP contribution is 2.21. The molecular formula is C20H25N3O3. The van der Waals surface area contributed by atoms with Gasteiger partial charge in [-0.25, -0.2) is 0 Å². The van der Waals surface area contributed by atoms with Gasteiger partial charge in [-0.15, -0.1) is 0 Å². The number of carbonyl (C=O) groups is 2. The molecule has 0 spiro atoms. The van der Waals surface area contributed by atoms with Gasteiger partial charge >= 0.3 is 0 Å². The van der Waals surface area contributed by atoms with Gasteiger partial charge in [0.15, 0.2) is 0 Å². The molecule has 6 heteroatoms. The van der Waals surface area contributed by atoms with Gasteiger partial charge in [0.1, 0.15) is 17.3 Å². The zero-order valence-corrected chi connectivity index (χ0v) is 15.5. The summed E-state index contributed by atoms with van der Waals surface area (Å²) in [6.45, 7) is 3.52. The lowest BCUT2D eigenvalue weighted by Crippen LogP contribution is -2.51. The molecule has 2 rings (SSSR count). The molecular weight excluding hydrogens is 330 g/mol.